The topological polar surface area (TPSA) is 37.3 Å². The molecule has 0 bridgehead atoms. The van der Waals surface area contributed by atoms with Gasteiger partial charge in [-0.1, -0.05) is 39.5 Å². The molecule has 2 heteroatoms. The molecule has 0 unspecified atom stereocenters. The van der Waals surface area contributed by atoms with E-state index in [4.69, 9.17) is 5.11 Å². The van der Waals surface area contributed by atoms with Crippen LogP contribution in [0.1, 0.15) is 27.2 Å². The molecule has 0 atom stereocenters. The Bertz CT molecular complexity index is 206. The fraction of sp³-hybridized carbons (Fsp3) is 0.500. The molecule has 0 fully saturated rings. The number of hydrogen-bond donors (Lipinski definition) is 1. The molecule has 0 aromatic carbocycles. The van der Waals surface area contributed by atoms with Crippen molar-refractivity contribution in [2.24, 2.45) is 5.41 Å². The summed E-state index contributed by atoms with van der Waals surface area (Å²) in [5.74, 6) is -0.923. The van der Waals surface area contributed by atoms with Gasteiger partial charge in [0.1, 0.15) is 0 Å². The molecular weight excluding hydrogens is 152 g/mol. The Hall–Kier alpha value is -1.05. The van der Waals surface area contributed by atoms with Gasteiger partial charge in [0.05, 0.1) is 0 Å². The molecule has 1 N–H and O–H groups in total. The van der Waals surface area contributed by atoms with Crippen LogP contribution in [0.15, 0.2) is 24.3 Å². The number of aliphatic carboxylic acids is 1. The highest BCUT2D eigenvalue weighted by Gasteiger charge is 2.04. The van der Waals surface area contributed by atoms with Gasteiger partial charge < -0.3 is 5.11 Å². The van der Waals surface area contributed by atoms with Crippen molar-refractivity contribution in [1.29, 1.82) is 0 Å². The van der Waals surface area contributed by atoms with E-state index in [1.54, 1.807) is 0 Å². The van der Waals surface area contributed by atoms with E-state index in [0.717, 1.165) is 0 Å². The van der Waals surface area contributed by atoms with Gasteiger partial charge in [0.15, 0.2) is 0 Å². The molecule has 0 amide bonds. The van der Waals surface area contributed by atoms with Gasteiger partial charge in [-0.15, -0.1) is 0 Å². The highest BCUT2D eigenvalue weighted by atomic mass is 16.4. The molecule has 0 saturated carbocycles. The van der Waals surface area contributed by atoms with Crippen LogP contribution in [0, 0.1) is 5.41 Å². The van der Waals surface area contributed by atoms with Crippen LogP contribution in [0.5, 0.6) is 0 Å². The lowest BCUT2D eigenvalue weighted by atomic mass is 9.95. The molecule has 0 saturated heterocycles. The minimum Gasteiger partial charge on any atom is -0.478 e. The average Bonchev–Trinajstić information content (AvgIpc) is 1.84. The van der Waals surface area contributed by atoms with Gasteiger partial charge in [0, 0.05) is 5.57 Å². The number of carboxylic acid groups (broad SMARTS) is 1. The molecule has 2 nitrogen and oxygen atoms in total. The predicted octanol–water partition coefficient (Wildman–Crippen LogP) is 2.62. The largest absolute Gasteiger partial charge is 0.478 e. The normalized spacial score (nSPS) is 11.9. The molecule has 0 aliphatic heterocycles. The third kappa shape index (κ3) is 5.71. The van der Waals surface area contributed by atoms with Crippen LogP contribution < -0.4 is 0 Å². The Morgan fingerprint density at radius 1 is 1.50 bits per heavy atom. The Balaban J connectivity index is 3.92. The second-order valence-electron chi connectivity index (χ2n) is 3.88. The smallest absolute Gasteiger partial charge is 0.331 e. The van der Waals surface area contributed by atoms with Crippen molar-refractivity contribution >= 4 is 5.97 Å². The van der Waals surface area contributed by atoms with Gasteiger partial charge in [-0.2, -0.15) is 0 Å². The van der Waals surface area contributed by atoms with Crippen molar-refractivity contribution in [2.45, 2.75) is 27.2 Å². The Kier molecular flexibility index (Phi) is 3.74. The number of allylic oxidation sites excluding steroid dienone is 2. The average molecular weight is 168 g/mol. The van der Waals surface area contributed by atoms with E-state index >= 15 is 0 Å². The SMILES string of the molecule is C=C(CC=CC(C)(C)C)C(=O)O. The van der Waals surface area contributed by atoms with Crippen molar-refractivity contribution in [3.8, 4) is 0 Å². The summed E-state index contributed by atoms with van der Waals surface area (Å²) in [6.45, 7) is 9.61. The van der Waals surface area contributed by atoms with Crippen LogP contribution in [-0.4, -0.2) is 11.1 Å². The van der Waals surface area contributed by atoms with E-state index < -0.39 is 5.97 Å². The summed E-state index contributed by atoms with van der Waals surface area (Å²) in [6, 6.07) is 0. The Labute approximate surface area is 73.6 Å². The second kappa shape index (κ2) is 4.10. The minimum absolute atomic E-state index is 0.110. The lowest BCUT2D eigenvalue weighted by Gasteiger charge is -2.10. The van der Waals surface area contributed by atoms with Crippen molar-refractivity contribution in [1.82, 2.24) is 0 Å². The summed E-state index contributed by atoms with van der Waals surface area (Å²) in [7, 11) is 0. The first-order valence-electron chi connectivity index (χ1n) is 3.92. The quantitative estimate of drug-likeness (QED) is 0.519. The van der Waals surface area contributed by atoms with Gasteiger partial charge in [-0.05, 0) is 11.8 Å². The lowest BCUT2D eigenvalue weighted by Crippen LogP contribution is -2.00. The van der Waals surface area contributed by atoms with Gasteiger partial charge in [-0.3, -0.25) is 0 Å². The zero-order valence-corrected chi connectivity index (χ0v) is 7.92. The van der Waals surface area contributed by atoms with Crippen molar-refractivity contribution in [3.05, 3.63) is 24.3 Å². The van der Waals surface area contributed by atoms with Crippen LogP contribution in [0.3, 0.4) is 0 Å². The van der Waals surface area contributed by atoms with Crippen LogP contribution in [0.25, 0.3) is 0 Å². The molecule has 0 heterocycles. The number of hydrogen-bond acceptors (Lipinski definition) is 1. The first-order chi connectivity index (χ1) is 5.33. The molecule has 12 heavy (non-hydrogen) atoms. The number of carboxylic acids is 1. The highest BCUT2D eigenvalue weighted by molar-refractivity contribution is 5.85. The summed E-state index contributed by atoms with van der Waals surface area (Å²) < 4.78 is 0. The maximum Gasteiger partial charge on any atom is 0.331 e. The van der Waals surface area contributed by atoms with E-state index in [2.05, 4.69) is 27.4 Å². The first kappa shape index (κ1) is 11.0. The lowest BCUT2D eigenvalue weighted by molar-refractivity contribution is -0.132. The zero-order chi connectivity index (χ0) is 9.78. The summed E-state index contributed by atoms with van der Waals surface area (Å²) >= 11 is 0. The molecule has 0 aromatic heterocycles. The first-order valence-corrected chi connectivity index (χ1v) is 3.92. The third-order valence-electron chi connectivity index (χ3n) is 1.28. The second-order valence-corrected chi connectivity index (χ2v) is 3.88. The van der Waals surface area contributed by atoms with Gasteiger partial charge in [0.2, 0.25) is 0 Å². The van der Waals surface area contributed by atoms with Crippen LogP contribution in [0.4, 0.5) is 0 Å². The standard InChI is InChI=1S/C10H16O2/c1-8(9(11)12)6-5-7-10(2,3)4/h5,7H,1,6H2,2-4H3,(H,11,12). The van der Waals surface area contributed by atoms with E-state index in [1.165, 1.54) is 0 Å². The molecule has 0 spiro atoms. The van der Waals surface area contributed by atoms with Gasteiger partial charge >= 0.3 is 5.97 Å². The van der Waals surface area contributed by atoms with E-state index in [1.807, 2.05) is 12.2 Å². The Morgan fingerprint density at radius 2 is 2.00 bits per heavy atom. The fourth-order valence-corrected chi connectivity index (χ4v) is 0.642. The minimum atomic E-state index is -0.923. The molecule has 68 valence electrons. The maximum absolute atomic E-state index is 10.3. The molecule has 0 aliphatic rings. The molecular formula is C10H16O2. The van der Waals surface area contributed by atoms with Gasteiger partial charge in [0.25, 0.3) is 0 Å². The fourth-order valence-electron chi connectivity index (χ4n) is 0.642. The monoisotopic (exact) mass is 168 g/mol. The summed E-state index contributed by atoms with van der Waals surface area (Å²) in [5.41, 5.74) is 0.342. The number of rotatable bonds is 3. The van der Waals surface area contributed by atoms with E-state index in [-0.39, 0.29) is 11.0 Å². The molecule has 0 rings (SSSR count). The van der Waals surface area contributed by atoms with E-state index in [9.17, 15) is 4.79 Å². The summed E-state index contributed by atoms with van der Waals surface area (Å²) in [4.78, 5) is 10.3. The molecule has 0 aliphatic carbocycles. The third-order valence-corrected chi connectivity index (χ3v) is 1.28. The van der Waals surface area contributed by atoms with Crippen molar-refractivity contribution in [3.63, 3.8) is 0 Å². The van der Waals surface area contributed by atoms with Crippen LogP contribution in [-0.2, 0) is 4.79 Å². The van der Waals surface area contributed by atoms with Crippen LogP contribution in [0.2, 0.25) is 0 Å². The summed E-state index contributed by atoms with van der Waals surface area (Å²) in [5, 5.41) is 8.48. The predicted molar refractivity (Wildman–Crippen MR) is 50.0 cm³/mol. The molecule has 0 aromatic rings. The van der Waals surface area contributed by atoms with Crippen molar-refractivity contribution in [2.75, 3.05) is 0 Å². The van der Waals surface area contributed by atoms with Crippen molar-refractivity contribution < 1.29 is 9.90 Å². The van der Waals surface area contributed by atoms with Crippen LogP contribution >= 0.6 is 0 Å². The highest BCUT2D eigenvalue weighted by Crippen LogP contribution is 2.15. The summed E-state index contributed by atoms with van der Waals surface area (Å²) in [6.07, 6.45) is 4.25. The van der Waals surface area contributed by atoms with Gasteiger partial charge in [-0.25, -0.2) is 4.79 Å². The Morgan fingerprint density at radius 3 is 2.33 bits per heavy atom. The zero-order valence-electron chi connectivity index (χ0n) is 7.92. The maximum atomic E-state index is 10.3. The molecule has 0 radical (unpaired) electrons. The number of carbonyl (C=O) groups is 1. The van der Waals surface area contributed by atoms with E-state index in [0.29, 0.717) is 6.42 Å².